The molecule has 0 spiro atoms. The van der Waals surface area contributed by atoms with Gasteiger partial charge < -0.3 is 10.2 Å². The molecule has 3 aliphatic carbocycles. The zero-order valence-electron chi connectivity index (χ0n) is 13.8. The molecule has 120 valence electrons. The molecule has 1 aromatic rings. The van der Waals surface area contributed by atoms with Crippen molar-refractivity contribution >= 4 is 0 Å². The van der Waals surface area contributed by atoms with Gasteiger partial charge in [0.05, 0.1) is 6.10 Å². The van der Waals surface area contributed by atoms with Gasteiger partial charge in [0.15, 0.2) is 0 Å². The number of benzene rings is 1. The number of hydrogen-bond acceptors (Lipinski definition) is 2. The second kappa shape index (κ2) is 4.99. The first-order valence-corrected chi connectivity index (χ1v) is 9.01. The monoisotopic (exact) mass is 300 g/mol. The van der Waals surface area contributed by atoms with Gasteiger partial charge in [0.25, 0.3) is 0 Å². The highest BCUT2D eigenvalue weighted by Crippen LogP contribution is 2.62. The topological polar surface area (TPSA) is 40.5 Å². The summed E-state index contributed by atoms with van der Waals surface area (Å²) in [6.45, 7) is 4.73. The van der Waals surface area contributed by atoms with Crippen LogP contribution in [0.15, 0.2) is 18.2 Å². The summed E-state index contributed by atoms with van der Waals surface area (Å²) in [6, 6.07) is 6.02. The number of rotatable bonds is 1. The summed E-state index contributed by atoms with van der Waals surface area (Å²) in [7, 11) is 0. The van der Waals surface area contributed by atoms with E-state index in [1.165, 1.54) is 30.4 Å². The number of fused-ring (bicyclic) bond motifs is 5. The van der Waals surface area contributed by atoms with Crippen molar-refractivity contribution < 1.29 is 10.2 Å². The number of phenols is 1. The second-order valence-corrected chi connectivity index (χ2v) is 8.33. The van der Waals surface area contributed by atoms with E-state index in [-0.39, 0.29) is 6.10 Å². The van der Waals surface area contributed by atoms with Crippen molar-refractivity contribution in [3.8, 4) is 5.75 Å². The second-order valence-electron chi connectivity index (χ2n) is 8.33. The van der Waals surface area contributed by atoms with Crippen molar-refractivity contribution in [3.05, 3.63) is 29.3 Å². The maximum atomic E-state index is 10.3. The molecule has 0 amide bonds. The summed E-state index contributed by atoms with van der Waals surface area (Å²) in [4.78, 5) is 0. The van der Waals surface area contributed by atoms with E-state index in [1.807, 2.05) is 12.1 Å². The van der Waals surface area contributed by atoms with Gasteiger partial charge in [-0.3, -0.25) is 0 Å². The van der Waals surface area contributed by atoms with Crippen LogP contribution >= 0.6 is 0 Å². The number of aromatic hydroxyl groups is 1. The molecular formula is C20H28O2. The van der Waals surface area contributed by atoms with Gasteiger partial charge in [-0.05, 0) is 84.5 Å². The Bertz CT molecular complexity index is 581. The zero-order valence-corrected chi connectivity index (χ0v) is 13.8. The molecule has 2 fully saturated rings. The maximum Gasteiger partial charge on any atom is 0.115 e. The van der Waals surface area contributed by atoms with Crippen LogP contribution < -0.4 is 0 Å². The molecule has 0 saturated heterocycles. The third kappa shape index (κ3) is 2.03. The molecule has 2 saturated carbocycles. The fourth-order valence-electron chi connectivity index (χ4n) is 6.20. The SMILES string of the molecule is CC[C@H]1Cc2cc(O)ccc2[C@H]2CC[C@]3(C)C[C@@H](O)C[C@H]3[C@H]12. The van der Waals surface area contributed by atoms with Crippen LogP contribution in [0.25, 0.3) is 0 Å². The van der Waals surface area contributed by atoms with Crippen LogP contribution in [-0.2, 0) is 6.42 Å². The molecule has 0 heterocycles. The Hall–Kier alpha value is -1.02. The smallest absolute Gasteiger partial charge is 0.115 e. The molecule has 6 atom stereocenters. The number of aliphatic hydroxyl groups is 1. The van der Waals surface area contributed by atoms with E-state index in [9.17, 15) is 10.2 Å². The summed E-state index contributed by atoms with van der Waals surface area (Å²) >= 11 is 0. The molecule has 1 aromatic carbocycles. The molecule has 3 aliphatic rings. The van der Waals surface area contributed by atoms with Gasteiger partial charge in [0.1, 0.15) is 5.75 Å². The Balaban J connectivity index is 1.77. The van der Waals surface area contributed by atoms with Crippen molar-refractivity contribution in [1.82, 2.24) is 0 Å². The average Bonchev–Trinajstić information content (AvgIpc) is 2.79. The summed E-state index contributed by atoms with van der Waals surface area (Å²) in [5.41, 5.74) is 3.20. The van der Waals surface area contributed by atoms with E-state index in [2.05, 4.69) is 19.9 Å². The molecule has 2 N–H and O–H groups in total. The first-order chi connectivity index (χ1) is 10.5. The van der Waals surface area contributed by atoms with Gasteiger partial charge in [-0.15, -0.1) is 0 Å². The quantitative estimate of drug-likeness (QED) is 0.814. The van der Waals surface area contributed by atoms with Gasteiger partial charge >= 0.3 is 0 Å². The molecule has 0 radical (unpaired) electrons. The van der Waals surface area contributed by atoms with Crippen molar-refractivity contribution in [2.24, 2.45) is 23.2 Å². The van der Waals surface area contributed by atoms with E-state index >= 15 is 0 Å². The largest absolute Gasteiger partial charge is 0.508 e. The third-order valence-electron chi connectivity index (χ3n) is 7.16. The van der Waals surface area contributed by atoms with E-state index in [0.717, 1.165) is 25.2 Å². The summed E-state index contributed by atoms with van der Waals surface area (Å²) in [5, 5.41) is 20.1. The highest BCUT2D eigenvalue weighted by Gasteiger charge is 2.54. The molecule has 2 nitrogen and oxygen atoms in total. The first kappa shape index (κ1) is 14.6. The Morgan fingerprint density at radius 1 is 1.32 bits per heavy atom. The van der Waals surface area contributed by atoms with Crippen LogP contribution in [0.3, 0.4) is 0 Å². The lowest BCUT2D eigenvalue weighted by Gasteiger charge is -2.52. The molecule has 0 unspecified atom stereocenters. The normalized spacial score (nSPS) is 43.3. The minimum Gasteiger partial charge on any atom is -0.508 e. The predicted octanol–water partition coefficient (Wildman–Crippen LogP) is 4.25. The lowest BCUT2D eigenvalue weighted by Crippen LogP contribution is -2.43. The van der Waals surface area contributed by atoms with Crippen LogP contribution in [0.1, 0.15) is 63.0 Å². The highest BCUT2D eigenvalue weighted by molar-refractivity contribution is 5.40. The van der Waals surface area contributed by atoms with Gasteiger partial charge in [0.2, 0.25) is 0 Å². The Kier molecular flexibility index (Phi) is 3.30. The van der Waals surface area contributed by atoms with Crippen molar-refractivity contribution in [3.63, 3.8) is 0 Å². The van der Waals surface area contributed by atoms with Gasteiger partial charge in [-0.2, -0.15) is 0 Å². The number of aliphatic hydroxyl groups excluding tert-OH is 1. The van der Waals surface area contributed by atoms with Crippen LogP contribution in [0.5, 0.6) is 5.75 Å². The van der Waals surface area contributed by atoms with E-state index in [1.54, 1.807) is 0 Å². The minimum atomic E-state index is -0.0903. The zero-order chi connectivity index (χ0) is 15.5. The summed E-state index contributed by atoms with van der Waals surface area (Å²) in [6.07, 6.45) is 6.71. The van der Waals surface area contributed by atoms with Crippen molar-refractivity contribution in [1.29, 1.82) is 0 Å². The number of phenolic OH excluding ortho intramolecular Hbond substituents is 1. The standard InChI is InChI=1S/C20H28O2/c1-3-12-8-13-9-14(21)4-5-16(13)17-6-7-20(2)11-15(22)10-18(20)19(12)17/h4-5,9,12,15,17-19,21-22H,3,6-8,10-11H2,1-2H3/t12-,15-,17+,18-,19+,20+/m0/s1. The molecule has 4 rings (SSSR count). The molecule has 22 heavy (non-hydrogen) atoms. The van der Waals surface area contributed by atoms with Gasteiger partial charge in [0, 0.05) is 0 Å². The maximum absolute atomic E-state index is 10.3. The van der Waals surface area contributed by atoms with Crippen LogP contribution in [0.4, 0.5) is 0 Å². The first-order valence-electron chi connectivity index (χ1n) is 9.01. The minimum absolute atomic E-state index is 0.0903. The third-order valence-corrected chi connectivity index (χ3v) is 7.16. The van der Waals surface area contributed by atoms with E-state index < -0.39 is 0 Å². The van der Waals surface area contributed by atoms with Gasteiger partial charge in [-0.25, -0.2) is 0 Å². The Morgan fingerprint density at radius 3 is 2.91 bits per heavy atom. The predicted molar refractivity (Wildman–Crippen MR) is 87.9 cm³/mol. The van der Waals surface area contributed by atoms with Gasteiger partial charge in [-0.1, -0.05) is 26.3 Å². The lowest BCUT2D eigenvalue weighted by atomic mass is 9.52. The highest BCUT2D eigenvalue weighted by atomic mass is 16.3. The van der Waals surface area contributed by atoms with Crippen LogP contribution in [0, 0.1) is 23.2 Å². The molecular weight excluding hydrogens is 272 g/mol. The van der Waals surface area contributed by atoms with Crippen molar-refractivity contribution in [2.75, 3.05) is 0 Å². The van der Waals surface area contributed by atoms with E-state index in [0.29, 0.717) is 28.9 Å². The molecule has 0 bridgehead atoms. The molecule has 0 aliphatic heterocycles. The van der Waals surface area contributed by atoms with Crippen LogP contribution in [0.2, 0.25) is 0 Å². The number of hydrogen-bond donors (Lipinski definition) is 2. The fraction of sp³-hybridized carbons (Fsp3) is 0.700. The Labute approximate surface area is 133 Å². The van der Waals surface area contributed by atoms with Crippen LogP contribution in [-0.4, -0.2) is 16.3 Å². The van der Waals surface area contributed by atoms with Crippen molar-refractivity contribution in [2.45, 2.75) is 64.4 Å². The summed E-state index contributed by atoms with van der Waals surface area (Å²) < 4.78 is 0. The summed E-state index contributed by atoms with van der Waals surface area (Å²) in [5.74, 6) is 3.14. The fourth-order valence-corrected chi connectivity index (χ4v) is 6.20. The Morgan fingerprint density at radius 2 is 2.14 bits per heavy atom. The molecule has 0 aromatic heterocycles. The molecule has 2 heteroatoms. The average molecular weight is 300 g/mol. The lowest BCUT2D eigenvalue weighted by molar-refractivity contribution is 0.0247. The van der Waals surface area contributed by atoms with E-state index in [4.69, 9.17) is 0 Å².